The van der Waals surface area contributed by atoms with Crippen molar-refractivity contribution in [1.29, 1.82) is 0 Å². The number of hydrogen-bond acceptors (Lipinski definition) is 4. The van der Waals surface area contributed by atoms with Crippen LogP contribution < -0.4 is 5.32 Å². The number of thiazole rings is 1. The molecular formula is C16H27N3S. The van der Waals surface area contributed by atoms with E-state index in [1.54, 1.807) is 0 Å². The zero-order chi connectivity index (χ0) is 14.1. The van der Waals surface area contributed by atoms with Gasteiger partial charge in [-0.05, 0) is 58.9 Å². The Morgan fingerprint density at radius 1 is 1.25 bits per heavy atom. The molecule has 112 valence electrons. The molecule has 1 unspecified atom stereocenters. The SMILES string of the molecule is Cc1nc(C)c(C(C)N2CCC(NCC3CC3)CC2)s1. The highest BCUT2D eigenvalue weighted by molar-refractivity contribution is 7.11. The minimum atomic E-state index is 0.533. The molecule has 1 aromatic heterocycles. The first kappa shape index (κ1) is 14.5. The smallest absolute Gasteiger partial charge is 0.0900 e. The van der Waals surface area contributed by atoms with Crippen LogP contribution in [0.3, 0.4) is 0 Å². The molecule has 0 amide bonds. The molecule has 1 N–H and O–H groups in total. The van der Waals surface area contributed by atoms with E-state index >= 15 is 0 Å². The van der Waals surface area contributed by atoms with Crippen molar-refractivity contribution in [2.45, 2.75) is 58.5 Å². The number of hydrogen-bond donors (Lipinski definition) is 1. The highest BCUT2D eigenvalue weighted by Crippen LogP contribution is 2.31. The summed E-state index contributed by atoms with van der Waals surface area (Å²) in [6.07, 6.45) is 5.50. The van der Waals surface area contributed by atoms with E-state index < -0.39 is 0 Å². The molecule has 0 radical (unpaired) electrons. The molecule has 1 aliphatic carbocycles. The quantitative estimate of drug-likeness (QED) is 0.903. The van der Waals surface area contributed by atoms with Gasteiger partial charge >= 0.3 is 0 Å². The van der Waals surface area contributed by atoms with Crippen LogP contribution in [-0.2, 0) is 0 Å². The molecular weight excluding hydrogens is 266 g/mol. The van der Waals surface area contributed by atoms with Crippen molar-refractivity contribution in [3.8, 4) is 0 Å². The van der Waals surface area contributed by atoms with Gasteiger partial charge in [-0.3, -0.25) is 4.90 Å². The summed E-state index contributed by atoms with van der Waals surface area (Å²) < 4.78 is 0. The zero-order valence-electron chi connectivity index (χ0n) is 13.0. The molecule has 1 aliphatic heterocycles. The fraction of sp³-hybridized carbons (Fsp3) is 0.812. The van der Waals surface area contributed by atoms with E-state index in [-0.39, 0.29) is 0 Å². The van der Waals surface area contributed by atoms with E-state index in [0.29, 0.717) is 6.04 Å². The average Bonchev–Trinajstić information content (AvgIpc) is 3.21. The maximum absolute atomic E-state index is 4.58. The lowest BCUT2D eigenvalue weighted by Gasteiger charge is -2.36. The lowest BCUT2D eigenvalue weighted by Crippen LogP contribution is -2.43. The number of likely N-dealkylation sites (tertiary alicyclic amines) is 1. The molecule has 2 heterocycles. The average molecular weight is 293 g/mol. The van der Waals surface area contributed by atoms with Gasteiger partial charge in [0.15, 0.2) is 0 Å². The molecule has 2 aliphatic rings. The summed E-state index contributed by atoms with van der Waals surface area (Å²) in [6.45, 7) is 10.3. The second-order valence-electron chi connectivity index (χ2n) is 6.52. The predicted molar refractivity (Wildman–Crippen MR) is 85.3 cm³/mol. The van der Waals surface area contributed by atoms with Gasteiger partial charge in [0.05, 0.1) is 10.7 Å². The van der Waals surface area contributed by atoms with Crippen LogP contribution >= 0.6 is 11.3 Å². The molecule has 3 rings (SSSR count). The number of nitrogens with one attached hydrogen (secondary N) is 1. The lowest BCUT2D eigenvalue weighted by atomic mass is 10.0. The van der Waals surface area contributed by atoms with Crippen molar-refractivity contribution < 1.29 is 0 Å². The fourth-order valence-electron chi connectivity index (χ4n) is 3.25. The van der Waals surface area contributed by atoms with E-state index in [0.717, 1.165) is 12.0 Å². The van der Waals surface area contributed by atoms with Crippen LogP contribution in [0.4, 0.5) is 0 Å². The van der Waals surface area contributed by atoms with E-state index in [1.807, 2.05) is 11.3 Å². The van der Waals surface area contributed by atoms with E-state index in [9.17, 15) is 0 Å². The van der Waals surface area contributed by atoms with E-state index in [4.69, 9.17) is 0 Å². The molecule has 1 saturated carbocycles. The first-order chi connectivity index (χ1) is 9.63. The van der Waals surface area contributed by atoms with Crippen molar-refractivity contribution in [2.75, 3.05) is 19.6 Å². The van der Waals surface area contributed by atoms with Crippen LogP contribution in [0.5, 0.6) is 0 Å². The Hall–Kier alpha value is -0.450. The Morgan fingerprint density at radius 3 is 2.50 bits per heavy atom. The van der Waals surface area contributed by atoms with Crippen LogP contribution in [-0.4, -0.2) is 35.6 Å². The third-order valence-electron chi connectivity index (χ3n) is 4.79. The van der Waals surface area contributed by atoms with Crippen molar-refractivity contribution in [2.24, 2.45) is 5.92 Å². The summed E-state index contributed by atoms with van der Waals surface area (Å²) in [4.78, 5) is 8.68. The molecule has 2 fully saturated rings. The maximum atomic E-state index is 4.58. The Balaban J connectivity index is 1.50. The van der Waals surface area contributed by atoms with Gasteiger partial charge in [-0.2, -0.15) is 0 Å². The predicted octanol–water partition coefficient (Wildman–Crippen LogP) is 3.28. The summed E-state index contributed by atoms with van der Waals surface area (Å²) >= 11 is 1.87. The van der Waals surface area contributed by atoms with Crippen LogP contribution in [0, 0.1) is 19.8 Å². The van der Waals surface area contributed by atoms with Gasteiger partial charge in [-0.1, -0.05) is 0 Å². The van der Waals surface area contributed by atoms with Crippen LogP contribution in [0.15, 0.2) is 0 Å². The molecule has 0 bridgehead atoms. The number of nitrogens with zero attached hydrogens (tertiary/aromatic N) is 2. The Kier molecular flexibility index (Phi) is 4.43. The summed E-state index contributed by atoms with van der Waals surface area (Å²) in [7, 11) is 0. The third kappa shape index (κ3) is 3.41. The maximum Gasteiger partial charge on any atom is 0.0900 e. The number of piperidine rings is 1. The van der Waals surface area contributed by atoms with Gasteiger partial charge in [0.2, 0.25) is 0 Å². The van der Waals surface area contributed by atoms with Crippen LogP contribution in [0.2, 0.25) is 0 Å². The number of aryl methyl sites for hydroxylation is 2. The van der Waals surface area contributed by atoms with Crippen molar-refractivity contribution in [3.63, 3.8) is 0 Å². The summed E-state index contributed by atoms with van der Waals surface area (Å²) in [5.41, 5.74) is 1.23. The largest absolute Gasteiger partial charge is 0.314 e. The van der Waals surface area contributed by atoms with Gasteiger partial charge in [-0.15, -0.1) is 11.3 Å². The highest BCUT2D eigenvalue weighted by Gasteiger charge is 2.27. The Bertz CT molecular complexity index is 445. The molecule has 3 nitrogen and oxygen atoms in total. The van der Waals surface area contributed by atoms with Gasteiger partial charge in [0.25, 0.3) is 0 Å². The molecule has 0 spiro atoms. The van der Waals surface area contributed by atoms with Crippen LogP contribution in [0.25, 0.3) is 0 Å². The normalized spacial score (nSPS) is 23.1. The van der Waals surface area contributed by atoms with E-state index in [2.05, 4.69) is 36.0 Å². The van der Waals surface area contributed by atoms with Gasteiger partial charge < -0.3 is 5.32 Å². The first-order valence-corrected chi connectivity index (χ1v) is 8.86. The van der Waals surface area contributed by atoms with E-state index in [1.165, 1.54) is 60.9 Å². The number of rotatable bonds is 5. The zero-order valence-corrected chi connectivity index (χ0v) is 13.8. The lowest BCUT2D eigenvalue weighted by molar-refractivity contribution is 0.153. The molecule has 20 heavy (non-hydrogen) atoms. The fourth-order valence-corrected chi connectivity index (χ4v) is 4.26. The van der Waals surface area contributed by atoms with Gasteiger partial charge in [-0.25, -0.2) is 4.98 Å². The summed E-state index contributed by atoms with van der Waals surface area (Å²) in [5, 5.41) is 4.96. The topological polar surface area (TPSA) is 28.2 Å². The molecule has 1 aromatic rings. The Morgan fingerprint density at radius 2 is 1.95 bits per heavy atom. The van der Waals surface area contributed by atoms with Gasteiger partial charge in [0, 0.05) is 30.1 Å². The van der Waals surface area contributed by atoms with Crippen LogP contribution in [0.1, 0.15) is 54.2 Å². The van der Waals surface area contributed by atoms with Crippen molar-refractivity contribution in [1.82, 2.24) is 15.2 Å². The van der Waals surface area contributed by atoms with Crippen molar-refractivity contribution in [3.05, 3.63) is 15.6 Å². The molecule has 0 aromatic carbocycles. The first-order valence-electron chi connectivity index (χ1n) is 8.05. The monoisotopic (exact) mass is 293 g/mol. The molecule has 4 heteroatoms. The summed E-state index contributed by atoms with van der Waals surface area (Å²) in [6, 6.07) is 1.29. The summed E-state index contributed by atoms with van der Waals surface area (Å²) in [5.74, 6) is 0.995. The van der Waals surface area contributed by atoms with Gasteiger partial charge in [0.1, 0.15) is 0 Å². The minimum absolute atomic E-state index is 0.533. The Labute approximate surface area is 126 Å². The number of aromatic nitrogens is 1. The third-order valence-corrected chi connectivity index (χ3v) is 6.03. The molecule has 1 saturated heterocycles. The molecule has 1 atom stereocenters. The van der Waals surface area contributed by atoms with Crippen molar-refractivity contribution >= 4 is 11.3 Å². The second-order valence-corrected chi connectivity index (χ2v) is 7.76. The minimum Gasteiger partial charge on any atom is -0.314 e. The standard InChI is InChI=1S/C16H27N3S/c1-11-16(20-13(3)18-11)12(2)19-8-6-15(7-9-19)17-10-14-4-5-14/h12,14-15,17H,4-10H2,1-3H3. The highest BCUT2D eigenvalue weighted by atomic mass is 32.1. The second kappa shape index (κ2) is 6.12.